The molecule has 1 heterocycles. The van der Waals surface area contributed by atoms with Crippen molar-refractivity contribution in [2.75, 3.05) is 0 Å². The minimum Gasteiger partial charge on any atom is -0.324 e. The van der Waals surface area contributed by atoms with E-state index < -0.39 is 0 Å². The Morgan fingerprint density at radius 1 is 1.42 bits per heavy atom. The molecule has 0 radical (unpaired) electrons. The lowest BCUT2D eigenvalue weighted by Crippen LogP contribution is -2.10. The van der Waals surface area contributed by atoms with E-state index in [0.29, 0.717) is 0 Å². The summed E-state index contributed by atoms with van der Waals surface area (Å²) >= 11 is 5.19. The second-order valence-electron chi connectivity index (χ2n) is 4.36. The highest BCUT2D eigenvalue weighted by Crippen LogP contribution is 2.24. The van der Waals surface area contributed by atoms with Gasteiger partial charge in [-0.1, -0.05) is 22.0 Å². The fraction of sp³-hybridized carbons (Fsp3) is 0.286. The van der Waals surface area contributed by atoms with Crippen LogP contribution in [0.4, 0.5) is 0 Å². The first-order valence-electron chi connectivity index (χ1n) is 6.02. The van der Waals surface area contributed by atoms with Crippen molar-refractivity contribution in [3.05, 3.63) is 52.0 Å². The third-order valence-electron chi connectivity index (χ3n) is 2.72. The molecule has 0 bridgehead atoms. The van der Waals surface area contributed by atoms with E-state index in [1.165, 1.54) is 4.90 Å². The van der Waals surface area contributed by atoms with Crippen molar-refractivity contribution in [3.63, 3.8) is 0 Å². The molecule has 0 spiro atoms. The van der Waals surface area contributed by atoms with E-state index in [9.17, 15) is 0 Å². The Balaban J connectivity index is 2.06. The van der Waals surface area contributed by atoms with Crippen LogP contribution in [0.5, 0.6) is 0 Å². The average molecular weight is 338 g/mol. The number of hydrogen-bond donors (Lipinski definition) is 1. The number of aryl methyl sites for hydroxylation is 1. The van der Waals surface area contributed by atoms with Gasteiger partial charge in [-0.05, 0) is 32.0 Å². The first-order chi connectivity index (χ1) is 9.06. The number of nitrogens with two attached hydrogens (primary N) is 1. The van der Waals surface area contributed by atoms with Crippen LogP contribution in [0.25, 0.3) is 0 Å². The highest BCUT2D eigenvalue weighted by molar-refractivity contribution is 9.10. The van der Waals surface area contributed by atoms with Gasteiger partial charge in [-0.15, -0.1) is 11.8 Å². The van der Waals surface area contributed by atoms with Crippen LogP contribution in [0.1, 0.15) is 30.0 Å². The number of aromatic nitrogens is 2. The molecule has 0 amide bonds. The fourth-order valence-corrected chi connectivity index (χ4v) is 3.12. The largest absolute Gasteiger partial charge is 0.324 e. The minimum absolute atomic E-state index is 0.0215. The summed E-state index contributed by atoms with van der Waals surface area (Å²) in [6, 6.07) is 8.19. The molecule has 5 heteroatoms. The Labute approximate surface area is 126 Å². The maximum Gasteiger partial charge on any atom is 0.138 e. The SMILES string of the molecule is Cc1nc(CSc2cccc(Br)c2)ncc1[C@H](C)N. The fourth-order valence-electron chi connectivity index (χ4n) is 1.75. The maximum atomic E-state index is 5.86. The number of nitrogens with zero attached hydrogens (tertiary/aromatic N) is 2. The van der Waals surface area contributed by atoms with Gasteiger partial charge in [0.1, 0.15) is 5.82 Å². The van der Waals surface area contributed by atoms with Gasteiger partial charge < -0.3 is 5.73 Å². The smallest absolute Gasteiger partial charge is 0.138 e. The summed E-state index contributed by atoms with van der Waals surface area (Å²) < 4.78 is 1.09. The van der Waals surface area contributed by atoms with Crippen molar-refractivity contribution in [3.8, 4) is 0 Å². The highest BCUT2D eigenvalue weighted by atomic mass is 79.9. The summed E-state index contributed by atoms with van der Waals surface area (Å²) in [5, 5.41) is 0. The van der Waals surface area contributed by atoms with Crippen molar-refractivity contribution < 1.29 is 0 Å². The normalized spacial score (nSPS) is 12.4. The van der Waals surface area contributed by atoms with Crippen molar-refractivity contribution in [2.45, 2.75) is 30.5 Å². The Kier molecular flexibility index (Phi) is 4.96. The molecular weight excluding hydrogens is 322 g/mol. The molecule has 0 aliphatic carbocycles. The lowest BCUT2D eigenvalue weighted by Gasteiger charge is -2.09. The predicted octanol–water partition coefficient (Wildman–Crippen LogP) is 3.86. The van der Waals surface area contributed by atoms with Crippen LogP contribution in [-0.4, -0.2) is 9.97 Å². The molecule has 0 aliphatic heterocycles. The quantitative estimate of drug-likeness (QED) is 0.860. The van der Waals surface area contributed by atoms with Crippen LogP contribution in [0, 0.1) is 6.92 Å². The van der Waals surface area contributed by atoms with Gasteiger partial charge in [0.2, 0.25) is 0 Å². The molecule has 2 aromatic rings. The molecule has 2 rings (SSSR count). The molecule has 1 atom stereocenters. The Bertz CT molecular complexity index is 572. The van der Waals surface area contributed by atoms with E-state index in [1.807, 2.05) is 32.2 Å². The molecule has 0 saturated carbocycles. The lowest BCUT2D eigenvalue weighted by atomic mass is 10.1. The summed E-state index contributed by atoms with van der Waals surface area (Å²) in [5.41, 5.74) is 7.83. The van der Waals surface area contributed by atoms with Gasteiger partial charge in [-0.25, -0.2) is 9.97 Å². The van der Waals surface area contributed by atoms with Gasteiger partial charge in [0.05, 0.1) is 5.75 Å². The zero-order valence-corrected chi connectivity index (χ0v) is 13.3. The van der Waals surface area contributed by atoms with Crippen molar-refractivity contribution in [1.29, 1.82) is 0 Å². The van der Waals surface area contributed by atoms with E-state index in [-0.39, 0.29) is 6.04 Å². The number of thioether (sulfide) groups is 1. The van der Waals surface area contributed by atoms with Crippen LogP contribution in [-0.2, 0) is 5.75 Å². The van der Waals surface area contributed by atoms with Crippen LogP contribution >= 0.6 is 27.7 Å². The molecule has 2 N–H and O–H groups in total. The monoisotopic (exact) mass is 337 g/mol. The molecule has 0 unspecified atom stereocenters. The molecule has 100 valence electrons. The topological polar surface area (TPSA) is 51.8 Å². The molecule has 0 saturated heterocycles. The first-order valence-corrected chi connectivity index (χ1v) is 7.80. The van der Waals surface area contributed by atoms with Gasteiger partial charge in [-0.3, -0.25) is 0 Å². The molecule has 0 aliphatic rings. The zero-order chi connectivity index (χ0) is 13.8. The third kappa shape index (κ3) is 4.03. The van der Waals surface area contributed by atoms with E-state index >= 15 is 0 Å². The molecule has 0 fully saturated rings. The van der Waals surface area contributed by atoms with Gasteiger partial charge >= 0.3 is 0 Å². The van der Waals surface area contributed by atoms with E-state index in [4.69, 9.17) is 5.73 Å². The summed E-state index contributed by atoms with van der Waals surface area (Å²) in [6.45, 7) is 3.93. The average Bonchev–Trinajstić information content (AvgIpc) is 2.36. The van der Waals surface area contributed by atoms with Gasteiger partial charge in [0.15, 0.2) is 0 Å². The Morgan fingerprint density at radius 2 is 2.21 bits per heavy atom. The van der Waals surface area contributed by atoms with E-state index in [0.717, 1.165) is 27.3 Å². The standard InChI is InChI=1S/C14H16BrN3S/c1-9(16)13-7-17-14(18-10(13)2)8-19-12-5-3-4-11(15)6-12/h3-7,9H,8,16H2,1-2H3/t9-/m0/s1. The summed E-state index contributed by atoms with van der Waals surface area (Å²) in [7, 11) is 0. The van der Waals surface area contributed by atoms with Crippen LogP contribution in [0.2, 0.25) is 0 Å². The van der Waals surface area contributed by atoms with Crippen molar-refractivity contribution in [1.82, 2.24) is 9.97 Å². The predicted molar refractivity (Wildman–Crippen MR) is 83.1 cm³/mol. The van der Waals surface area contributed by atoms with E-state index in [2.05, 4.69) is 38.0 Å². The van der Waals surface area contributed by atoms with E-state index in [1.54, 1.807) is 11.8 Å². The zero-order valence-electron chi connectivity index (χ0n) is 10.9. The molecule has 1 aromatic heterocycles. The van der Waals surface area contributed by atoms with Crippen LogP contribution in [0.3, 0.4) is 0 Å². The summed E-state index contributed by atoms with van der Waals surface area (Å²) in [4.78, 5) is 10.1. The third-order valence-corrected chi connectivity index (χ3v) is 4.20. The van der Waals surface area contributed by atoms with Gasteiger partial charge in [0, 0.05) is 32.9 Å². The number of halogens is 1. The Morgan fingerprint density at radius 3 is 2.84 bits per heavy atom. The van der Waals surface area contributed by atoms with Crippen molar-refractivity contribution >= 4 is 27.7 Å². The van der Waals surface area contributed by atoms with Crippen LogP contribution < -0.4 is 5.73 Å². The Hall–Kier alpha value is -0.910. The first kappa shape index (κ1) is 14.5. The van der Waals surface area contributed by atoms with Gasteiger partial charge in [0.25, 0.3) is 0 Å². The molecule has 19 heavy (non-hydrogen) atoms. The number of benzene rings is 1. The molecule has 1 aromatic carbocycles. The summed E-state index contributed by atoms with van der Waals surface area (Å²) in [5.74, 6) is 1.60. The molecule has 3 nitrogen and oxygen atoms in total. The van der Waals surface area contributed by atoms with Gasteiger partial charge in [-0.2, -0.15) is 0 Å². The number of hydrogen-bond acceptors (Lipinski definition) is 4. The highest BCUT2D eigenvalue weighted by Gasteiger charge is 2.07. The van der Waals surface area contributed by atoms with Crippen LogP contribution in [0.15, 0.2) is 39.8 Å². The second kappa shape index (κ2) is 6.50. The summed E-state index contributed by atoms with van der Waals surface area (Å²) in [6.07, 6.45) is 1.84. The van der Waals surface area contributed by atoms with Crippen molar-refractivity contribution in [2.24, 2.45) is 5.73 Å². The lowest BCUT2D eigenvalue weighted by molar-refractivity contribution is 0.781. The minimum atomic E-state index is -0.0215. The number of rotatable bonds is 4. The molecular formula is C14H16BrN3S. The maximum absolute atomic E-state index is 5.86. The second-order valence-corrected chi connectivity index (χ2v) is 6.33.